The fourth-order valence-corrected chi connectivity index (χ4v) is 3.09. The summed E-state index contributed by atoms with van der Waals surface area (Å²) >= 11 is 0. The van der Waals surface area contributed by atoms with Crippen LogP contribution in [0.2, 0.25) is 0 Å². The molecule has 0 amide bonds. The summed E-state index contributed by atoms with van der Waals surface area (Å²) in [5, 5.41) is 0. The van der Waals surface area contributed by atoms with Crippen molar-refractivity contribution in [1.82, 2.24) is 4.90 Å². The summed E-state index contributed by atoms with van der Waals surface area (Å²) in [7, 11) is 0. The average Bonchev–Trinajstić information content (AvgIpc) is 2.60. The van der Waals surface area contributed by atoms with Crippen molar-refractivity contribution in [3.8, 4) is 0 Å². The lowest BCUT2D eigenvalue weighted by molar-refractivity contribution is -0.114. The number of fused-ring (bicyclic) bond motifs is 1. The first-order chi connectivity index (χ1) is 8.81. The Hall–Kier alpha value is -1.41. The van der Waals surface area contributed by atoms with Gasteiger partial charge in [0.2, 0.25) is 0 Å². The molecule has 1 heterocycles. The van der Waals surface area contributed by atoms with Crippen LogP contribution in [0.15, 0.2) is 42.0 Å². The lowest BCUT2D eigenvalue weighted by Crippen LogP contribution is -2.25. The van der Waals surface area contributed by atoms with Gasteiger partial charge in [0.15, 0.2) is 5.78 Å². The molecule has 0 N–H and O–H groups in total. The Balaban J connectivity index is 1.70. The summed E-state index contributed by atoms with van der Waals surface area (Å²) in [5.74, 6) is 0.870. The Morgan fingerprint density at radius 2 is 2.06 bits per heavy atom. The number of benzene rings is 1. The van der Waals surface area contributed by atoms with Gasteiger partial charge in [0, 0.05) is 19.5 Å². The van der Waals surface area contributed by atoms with Crippen molar-refractivity contribution >= 4 is 5.78 Å². The van der Waals surface area contributed by atoms with Crippen LogP contribution < -0.4 is 0 Å². The van der Waals surface area contributed by atoms with Crippen molar-refractivity contribution < 1.29 is 4.79 Å². The number of hydrogen-bond donors (Lipinski definition) is 0. The number of hydrogen-bond acceptors (Lipinski definition) is 2. The van der Waals surface area contributed by atoms with E-state index in [1.165, 1.54) is 24.0 Å². The van der Waals surface area contributed by atoms with Gasteiger partial charge in [-0.25, -0.2) is 0 Å². The predicted octanol–water partition coefficient (Wildman–Crippen LogP) is 2.80. The first kappa shape index (κ1) is 11.7. The molecular weight excluding hydrogens is 222 g/mol. The second kappa shape index (κ2) is 5.07. The summed E-state index contributed by atoms with van der Waals surface area (Å²) in [6.07, 6.45) is 5.05. The molecule has 0 aromatic heterocycles. The molecule has 1 unspecified atom stereocenters. The van der Waals surface area contributed by atoms with E-state index in [2.05, 4.69) is 35.2 Å². The molecule has 1 atom stereocenters. The number of nitrogens with zero attached hydrogens (tertiary/aromatic N) is 1. The molecule has 2 heteroatoms. The number of allylic oxidation sites excluding steroid dienone is 1. The number of rotatable bonds is 2. The zero-order chi connectivity index (χ0) is 12.4. The Bertz CT molecular complexity index is 463. The van der Waals surface area contributed by atoms with Crippen LogP contribution in [0.3, 0.4) is 0 Å². The summed E-state index contributed by atoms with van der Waals surface area (Å²) in [4.78, 5) is 14.0. The van der Waals surface area contributed by atoms with Gasteiger partial charge in [-0.2, -0.15) is 0 Å². The Kier molecular flexibility index (Phi) is 3.28. The zero-order valence-corrected chi connectivity index (χ0v) is 10.6. The Morgan fingerprint density at radius 1 is 1.22 bits per heavy atom. The van der Waals surface area contributed by atoms with E-state index < -0.39 is 0 Å². The van der Waals surface area contributed by atoms with E-state index in [-0.39, 0.29) is 0 Å². The molecule has 1 aromatic rings. The molecule has 1 saturated heterocycles. The van der Waals surface area contributed by atoms with E-state index in [0.29, 0.717) is 11.7 Å². The van der Waals surface area contributed by atoms with E-state index in [1.54, 1.807) is 0 Å². The molecule has 94 valence electrons. The van der Waals surface area contributed by atoms with Gasteiger partial charge in [-0.1, -0.05) is 30.3 Å². The molecule has 0 spiro atoms. The third-order valence-corrected chi connectivity index (χ3v) is 4.00. The summed E-state index contributed by atoms with van der Waals surface area (Å²) in [6, 6.07) is 10.6. The van der Waals surface area contributed by atoms with Gasteiger partial charge in [-0.3, -0.25) is 9.69 Å². The average molecular weight is 241 g/mol. The van der Waals surface area contributed by atoms with Gasteiger partial charge >= 0.3 is 0 Å². The van der Waals surface area contributed by atoms with Gasteiger partial charge in [-0.05, 0) is 42.5 Å². The number of carbonyl (C=O) groups is 1. The van der Waals surface area contributed by atoms with Crippen LogP contribution >= 0.6 is 0 Å². The predicted molar refractivity (Wildman–Crippen MR) is 72.2 cm³/mol. The van der Waals surface area contributed by atoms with Crippen molar-refractivity contribution in [1.29, 1.82) is 0 Å². The highest BCUT2D eigenvalue weighted by molar-refractivity contribution is 5.93. The van der Waals surface area contributed by atoms with Crippen LogP contribution in [0.25, 0.3) is 0 Å². The number of likely N-dealkylation sites (tertiary alicyclic amines) is 1. The van der Waals surface area contributed by atoms with Gasteiger partial charge in [0.25, 0.3) is 0 Å². The van der Waals surface area contributed by atoms with E-state index in [9.17, 15) is 4.79 Å². The van der Waals surface area contributed by atoms with Crippen molar-refractivity contribution in [2.24, 2.45) is 5.92 Å². The summed E-state index contributed by atoms with van der Waals surface area (Å²) in [5.41, 5.74) is 2.73. The minimum Gasteiger partial charge on any atom is -0.295 e. The van der Waals surface area contributed by atoms with E-state index in [1.807, 2.05) is 6.08 Å². The van der Waals surface area contributed by atoms with Crippen molar-refractivity contribution in [3.05, 3.63) is 47.5 Å². The molecule has 18 heavy (non-hydrogen) atoms. The molecule has 2 aliphatic rings. The van der Waals surface area contributed by atoms with Crippen molar-refractivity contribution in [2.75, 3.05) is 13.1 Å². The normalized spacial score (nSPS) is 24.6. The zero-order valence-electron chi connectivity index (χ0n) is 10.6. The molecule has 2 nitrogen and oxygen atoms in total. The molecule has 1 aromatic carbocycles. The fourth-order valence-electron chi connectivity index (χ4n) is 3.09. The molecule has 1 aliphatic carbocycles. The van der Waals surface area contributed by atoms with Crippen LogP contribution in [-0.4, -0.2) is 23.8 Å². The first-order valence-electron chi connectivity index (χ1n) is 6.81. The molecule has 3 rings (SSSR count). The highest BCUT2D eigenvalue weighted by Gasteiger charge is 2.28. The van der Waals surface area contributed by atoms with Gasteiger partial charge < -0.3 is 0 Å². The van der Waals surface area contributed by atoms with Crippen molar-refractivity contribution in [3.63, 3.8) is 0 Å². The highest BCUT2D eigenvalue weighted by atomic mass is 16.1. The maximum atomic E-state index is 11.5. The highest BCUT2D eigenvalue weighted by Crippen LogP contribution is 2.31. The molecular formula is C16H19NO. The maximum Gasteiger partial charge on any atom is 0.156 e. The lowest BCUT2D eigenvalue weighted by Gasteiger charge is -2.20. The first-order valence-corrected chi connectivity index (χ1v) is 6.81. The SMILES string of the molecule is O=C1C=C2CN(Cc3ccccc3)CCCC2C1. The van der Waals surface area contributed by atoms with Gasteiger partial charge in [0.1, 0.15) is 0 Å². The second-order valence-electron chi connectivity index (χ2n) is 5.43. The second-order valence-corrected chi connectivity index (χ2v) is 5.43. The third-order valence-electron chi connectivity index (χ3n) is 4.00. The van der Waals surface area contributed by atoms with Crippen LogP contribution in [0.4, 0.5) is 0 Å². The van der Waals surface area contributed by atoms with E-state index >= 15 is 0 Å². The molecule has 0 bridgehead atoms. The fraction of sp³-hybridized carbons (Fsp3) is 0.438. The third kappa shape index (κ3) is 2.54. The monoisotopic (exact) mass is 241 g/mol. The minimum atomic E-state index is 0.330. The molecule has 1 aliphatic heterocycles. The number of ketones is 1. The van der Waals surface area contributed by atoms with Crippen LogP contribution in [0.1, 0.15) is 24.8 Å². The summed E-state index contributed by atoms with van der Waals surface area (Å²) in [6.45, 7) is 3.13. The van der Waals surface area contributed by atoms with Crippen LogP contribution in [0, 0.1) is 5.92 Å². The quantitative estimate of drug-likeness (QED) is 0.793. The molecule has 0 radical (unpaired) electrons. The van der Waals surface area contributed by atoms with Gasteiger partial charge in [-0.15, -0.1) is 0 Å². The smallest absolute Gasteiger partial charge is 0.156 e. The molecule has 1 fully saturated rings. The van der Waals surface area contributed by atoms with Gasteiger partial charge in [0.05, 0.1) is 0 Å². The number of carbonyl (C=O) groups excluding carboxylic acids is 1. The Labute approximate surface area is 108 Å². The maximum absolute atomic E-state index is 11.5. The summed E-state index contributed by atoms with van der Waals surface area (Å²) < 4.78 is 0. The standard InChI is InChI=1S/C16H19NO/c18-16-9-14-7-4-8-17(12-15(14)10-16)11-13-5-2-1-3-6-13/h1-3,5-6,10,14H,4,7-9,11-12H2. The Morgan fingerprint density at radius 3 is 2.89 bits per heavy atom. The van der Waals surface area contributed by atoms with E-state index in [0.717, 1.165) is 26.1 Å². The minimum absolute atomic E-state index is 0.330. The lowest BCUT2D eigenvalue weighted by atomic mass is 9.97. The van der Waals surface area contributed by atoms with Crippen LogP contribution in [-0.2, 0) is 11.3 Å². The van der Waals surface area contributed by atoms with Crippen LogP contribution in [0.5, 0.6) is 0 Å². The largest absolute Gasteiger partial charge is 0.295 e. The molecule has 0 saturated carbocycles. The topological polar surface area (TPSA) is 20.3 Å². The van der Waals surface area contributed by atoms with E-state index in [4.69, 9.17) is 0 Å². The van der Waals surface area contributed by atoms with Crippen molar-refractivity contribution in [2.45, 2.75) is 25.8 Å².